The Bertz CT molecular complexity index is 812. The number of nitrogens with one attached hydrogen (secondary N) is 1. The van der Waals surface area contributed by atoms with Crippen molar-refractivity contribution in [3.63, 3.8) is 0 Å². The van der Waals surface area contributed by atoms with Gasteiger partial charge >= 0.3 is 6.09 Å². The van der Waals surface area contributed by atoms with Crippen molar-refractivity contribution in [3.05, 3.63) is 39.7 Å². The molecule has 0 radical (unpaired) electrons. The van der Waals surface area contributed by atoms with Crippen molar-refractivity contribution < 1.29 is 19.1 Å². The summed E-state index contributed by atoms with van der Waals surface area (Å²) in [6, 6.07) is 5.72. The molecule has 0 saturated carbocycles. The van der Waals surface area contributed by atoms with Crippen LogP contribution in [0.25, 0.3) is 10.4 Å². The number of nitrogens with zero attached hydrogens (tertiary/aromatic N) is 2. The van der Waals surface area contributed by atoms with Crippen LogP contribution in [0.1, 0.15) is 29.8 Å². The van der Waals surface area contributed by atoms with E-state index in [1.165, 1.54) is 23.5 Å². The quantitative estimate of drug-likeness (QED) is 0.751. The molecule has 1 fully saturated rings. The monoisotopic (exact) mass is 441 g/mol. The molecule has 1 aliphatic heterocycles. The Kier molecular flexibility index (Phi) is 5.87. The highest BCUT2D eigenvalue weighted by Gasteiger charge is 2.31. The number of halogens is 2. The minimum Gasteiger partial charge on any atom is -0.465 e. The normalized spacial score (nSPS) is 17.2. The maximum atomic E-state index is 13.2. The molecule has 2 aromatic rings. The summed E-state index contributed by atoms with van der Waals surface area (Å²) in [4.78, 5) is 30.6. The van der Waals surface area contributed by atoms with Crippen molar-refractivity contribution in [3.8, 4) is 10.4 Å². The van der Waals surface area contributed by atoms with Gasteiger partial charge in [0.05, 0.1) is 4.88 Å². The SMILES string of the molecule is O=C(O)NC[C@@H]1CCCCN1C(=O)c1nc(Br)sc1-c1ccc(F)cc1. The van der Waals surface area contributed by atoms with Gasteiger partial charge in [0.2, 0.25) is 0 Å². The van der Waals surface area contributed by atoms with Crippen LogP contribution in [0.3, 0.4) is 0 Å². The van der Waals surface area contributed by atoms with Crippen molar-refractivity contribution >= 4 is 39.3 Å². The van der Waals surface area contributed by atoms with Crippen molar-refractivity contribution in [1.29, 1.82) is 0 Å². The highest BCUT2D eigenvalue weighted by molar-refractivity contribution is 9.11. The lowest BCUT2D eigenvalue weighted by Gasteiger charge is -2.35. The van der Waals surface area contributed by atoms with Gasteiger partial charge in [-0.15, -0.1) is 11.3 Å². The number of amides is 2. The van der Waals surface area contributed by atoms with Crippen LogP contribution in [0.15, 0.2) is 28.2 Å². The zero-order valence-corrected chi connectivity index (χ0v) is 16.1. The number of likely N-dealkylation sites (tertiary alicyclic amines) is 1. The van der Waals surface area contributed by atoms with E-state index in [1.807, 2.05) is 0 Å². The average Bonchev–Trinajstić information content (AvgIpc) is 3.02. The fourth-order valence-electron chi connectivity index (χ4n) is 3.06. The van der Waals surface area contributed by atoms with E-state index >= 15 is 0 Å². The number of carbonyl (C=O) groups excluding carboxylic acids is 1. The van der Waals surface area contributed by atoms with Crippen LogP contribution in [0.5, 0.6) is 0 Å². The zero-order valence-electron chi connectivity index (χ0n) is 13.7. The van der Waals surface area contributed by atoms with E-state index in [9.17, 15) is 14.0 Å². The third-order valence-corrected chi connectivity index (χ3v) is 5.84. The van der Waals surface area contributed by atoms with E-state index in [2.05, 4.69) is 26.2 Å². The molecule has 1 aromatic carbocycles. The van der Waals surface area contributed by atoms with Crippen molar-refractivity contribution in [2.24, 2.45) is 0 Å². The standard InChI is InChI=1S/C17H17BrFN3O3S/c18-16-21-13(14(26-16)10-4-6-11(19)7-5-10)15(23)22-8-2-1-3-12(22)9-20-17(24)25/h4-7,12,20H,1-3,8-9H2,(H,24,25)/t12-/m0/s1. The molecule has 0 bridgehead atoms. The Labute approximate surface area is 162 Å². The summed E-state index contributed by atoms with van der Waals surface area (Å²) in [5.41, 5.74) is 1.02. The first-order valence-corrected chi connectivity index (χ1v) is 9.76. The molecule has 9 heteroatoms. The van der Waals surface area contributed by atoms with E-state index < -0.39 is 6.09 Å². The van der Waals surface area contributed by atoms with Gasteiger partial charge in [-0.05, 0) is 52.9 Å². The first kappa shape index (κ1) is 18.8. The summed E-state index contributed by atoms with van der Waals surface area (Å²) in [6.45, 7) is 0.751. The molecule has 1 saturated heterocycles. The number of hydrogen-bond acceptors (Lipinski definition) is 4. The van der Waals surface area contributed by atoms with Gasteiger partial charge in [-0.3, -0.25) is 4.79 Å². The summed E-state index contributed by atoms with van der Waals surface area (Å²) >= 11 is 4.64. The number of thiazole rings is 1. The van der Waals surface area contributed by atoms with Crippen molar-refractivity contribution in [1.82, 2.24) is 15.2 Å². The topological polar surface area (TPSA) is 82.5 Å². The van der Waals surface area contributed by atoms with Gasteiger partial charge in [0.25, 0.3) is 5.91 Å². The summed E-state index contributed by atoms with van der Waals surface area (Å²) in [7, 11) is 0. The lowest BCUT2D eigenvalue weighted by atomic mass is 10.0. The van der Waals surface area contributed by atoms with Gasteiger partial charge in [0.15, 0.2) is 3.92 Å². The van der Waals surface area contributed by atoms with Gasteiger partial charge in [-0.25, -0.2) is 14.2 Å². The molecule has 3 rings (SSSR count). The van der Waals surface area contributed by atoms with Crippen molar-refractivity contribution in [2.45, 2.75) is 25.3 Å². The Hall–Kier alpha value is -2.00. The summed E-state index contributed by atoms with van der Waals surface area (Å²) < 4.78 is 13.8. The minimum absolute atomic E-state index is 0.193. The Balaban J connectivity index is 1.88. The number of carbonyl (C=O) groups is 2. The maximum Gasteiger partial charge on any atom is 0.404 e. The van der Waals surface area contributed by atoms with E-state index in [1.54, 1.807) is 17.0 Å². The number of rotatable bonds is 4. The van der Waals surface area contributed by atoms with E-state index in [-0.39, 0.29) is 24.3 Å². The summed E-state index contributed by atoms with van der Waals surface area (Å²) in [5, 5.41) is 11.2. The Morgan fingerprint density at radius 3 is 2.77 bits per heavy atom. The van der Waals surface area contributed by atoms with Gasteiger partial charge in [0.1, 0.15) is 11.5 Å². The van der Waals surface area contributed by atoms with Crippen LogP contribution in [-0.2, 0) is 0 Å². The Morgan fingerprint density at radius 1 is 1.35 bits per heavy atom. The average molecular weight is 442 g/mol. The van der Waals surface area contributed by atoms with Gasteiger partial charge in [-0.2, -0.15) is 0 Å². The van der Waals surface area contributed by atoms with Crippen LogP contribution in [0.4, 0.5) is 9.18 Å². The number of carboxylic acid groups (broad SMARTS) is 1. The molecular weight excluding hydrogens is 425 g/mol. The maximum absolute atomic E-state index is 13.2. The fraction of sp³-hybridized carbons (Fsp3) is 0.353. The third kappa shape index (κ3) is 4.21. The molecule has 0 spiro atoms. The molecule has 138 valence electrons. The largest absolute Gasteiger partial charge is 0.465 e. The second kappa shape index (κ2) is 8.13. The molecule has 2 N–H and O–H groups in total. The zero-order chi connectivity index (χ0) is 18.7. The molecule has 1 aliphatic rings. The predicted octanol–water partition coefficient (Wildman–Crippen LogP) is 3.97. The van der Waals surface area contributed by atoms with Gasteiger partial charge < -0.3 is 15.3 Å². The molecule has 1 aromatic heterocycles. The second-order valence-electron chi connectivity index (χ2n) is 5.99. The van der Waals surface area contributed by atoms with E-state index in [0.29, 0.717) is 21.0 Å². The van der Waals surface area contributed by atoms with Crippen molar-refractivity contribution in [2.75, 3.05) is 13.1 Å². The lowest BCUT2D eigenvalue weighted by Crippen LogP contribution is -2.49. The summed E-state index contributed by atoms with van der Waals surface area (Å²) in [5.74, 6) is -0.579. The van der Waals surface area contributed by atoms with Crippen LogP contribution >= 0.6 is 27.3 Å². The molecule has 0 aliphatic carbocycles. The van der Waals surface area contributed by atoms with Crippen LogP contribution in [0.2, 0.25) is 0 Å². The molecule has 26 heavy (non-hydrogen) atoms. The minimum atomic E-state index is -1.11. The highest BCUT2D eigenvalue weighted by atomic mass is 79.9. The van der Waals surface area contributed by atoms with Crippen LogP contribution < -0.4 is 5.32 Å². The lowest BCUT2D eigenvalue weighted by molar-refractivity contribution is 0.0606. The molecule has 2 amide bonds. The smallest absolute Gasteiger partial charge is 0.404 e. The van der Waals surface area contributed by atoms with E-state index in [4.69, 9.17) is 5.11 Å². The molecule has 6 nitrogen and oxygen atoms in total. The second-order valence-corrected chi connectivity index (χ2v) is 8.26. The third-order valence-electron chi connectivity index (χ3n) is 4.29. The first-order valence-electron chi connectivity index (χ1n) is 8.15. The van der Waals surface area contributed by atoms with Gasteiger partial charge in [-0.1, -0.05) is 12.1 Å². The molecule has 2 heterocycles. The number of aromatic nitrogens is 1. The van der Waals surface area contributed by atoms with Gasteiger partial charge in [0, 0.05) is 19.1 Å². The number of hydrogen-bond donors (Lipinski definition) is 2. The van der Waals surface area contributed by atoms with E-state index in [0.717, 1.165) is 24.8 Å². The number of piperidine rings is 1. The predicted molar refractivity (Wildman–Crippen MR) is 99.9 cm³/mol. The molecule has 1 atom stereocenters. The molecular formula is C17H17BrFN3O3S. The number of benzene rings is 1. The molecule has 0 unspecified atom stereocenters. The highest BCUT2D eigenvalue weighted by Crippen LogP contribution is 2.34. The van der Waals surface area contributed by atoms with Crippen LogP contribution in [-0.4, -0.2) is 46.1 Å². The summed E-state index contributed by atoms with van der Waals surface area (Å²) in [6.07, 6.45) is 1.45. The Morgan fingerprint density at radius 2 is 2.08 bits per heavy atom. The fourth-order valence-corrected chi connectivity index (χ4v) is 4.51. The first-order chi connectivity index (χ1) is 12.5. The van der Waals surface area contributed by atoms with Crippen LogP contribution in [0, 0.1) is 5.82 Å².